The van der Waals surface area contributed by atoms with E-state index < -0.39 is 14.8 Å². The van der Waals surface area contributed by atoms with E-state index in [1.165, 1.54) is 37.4 Å². The van der Waals surface area contributed by atoms with Crippen molar-refractivity contribution in [1.29, 1.82) is 5.26 Å². The zero-order chi connectivity index (χ0) is 15.0. The highest BCUT2D eigenvalue weighted by atomic mass is 32.2. The fourth-order valence-corrected chi connectivity index (χ4v) is 3.63. The summed E-state index contributed by atoms with van der Waals surface area (Å²) >= 11 is 0. The van der Waals surface area contributed by atoms with E-state index in [2.05, 4.69) is 0 Å². The highest BCUT2D eigenvalue weighted by molar-refractivity contribution is 7.91. The van der Waals surface area contributed by atoms with Gasteiger partial charge in [-0.3, -0.25) is 4.79 Å². The molecule has 0 saturated heterocycles. The van der Waals surface area contributed by atoms with Gasteiger partial charge in [0, 0.05) is 11.8 Å². The average Bonchev–Trinajstić information content (AvgIpc) is 2.88. The molecule has 1 aromatic rings. The Labute approximate surface area is 117 Å². The maximum atomic E-state index is 12.7. The SMILES string of the molecule is CC(=O)C1=CCC(C)(S(=O)(=O)n2cccc2C#N)C=C1. The van der Waals surface area contributed by atoms with Gasteiger partial charge in [0.25, 0.3) is 0 Å². The van der Waals surface area contributed by atoms with Crippen molar-refractivity contribution >= 4 is 15.8 Å². The fourth-order valence-electron chi connectivity index (χ4n) is 2.05. The smallest absolute Gasteiger partial charge is 0.248 e. The quantitative estimate of drug-likeness (QED) is 0.849. The number of aromatic nitrogens is 1. The molecule has 20 heavy (non-hydrogen) atoms. The zero-order valence-electron chi connectivity index (χ0n) is 11.2. The first-order valence-electron chi connectivity index (χ1n) is 6.05. The molecule has 5 nitrogen and oxygen atoms in total. The van der Waals surface area contributed by atoms with Crippen molar-refractivity contribution in [3.8, 4) is 6.07 Å². The summed E-state index contributed by atoms with van der Waals surface area (Å²) in [5.74, 6) is -0.0978. The molecule has 0 bridgehead atoms. The van der Waals surface area contributed by atoms with E-state index in [1.54, 1.807) is 13.0 Å². The van der Waals surface area contributed by atoms with Crippen LogP contribution in [0.5, 0.6) is 0 Å². The molecule has 104 valence electrons. The van der Waals surface area contributed by atoms with Crippen LogP contribution in [0.25, 0.3) is 0 Å². The maximum Gasteiger partial charge on any atom is 0.248 e. The van der Waals surface area contributed by atoms with E-state index in [0.717, 1.165) is 3.97 Å². The topological polar surface area (TPSA) is 79.9 Å². The Balaban J connectivity index is 2.45. The van der Waals surface area contributed by atoms with Gasteiger partial charge in [0.1, 0.15) is 16.5 Å². The minimum atomic E-state index is -3.76. The maximum absolute atomic E-state index is 12.7. The van der Waals surface area contributed by atoms with Crippen LogP contribution in [0, 0.1) is 11.3 Å². The summed E-state index contributed by atoms with van der Waals surface area (Å²) in [5.41, 5.74) is 0.576. The van der Waals surface area contributed by atoms with Gasteiger partial charge in [0.2, 0.25) is 10.0 Å². The number of nitrogens with zero attached hydrogens (tertiary/aromatic N) is 2. The Hall–Kier alpha value is -2.13. The zero-order valence-corrected chi connectivity index (χ0v) is 12.0. The van der Waals surface area contributed by atoms with Crippen LogP contribution in [0.4, 0.5) is 0 Å². The fraction of sp³-hybridized carbons (Fsp3) is 0.286. The highest BCUT2D eigenvalue weighted by Crippen LogP contribution is 2.31. The number of allylic oxidation sites excluding steroid dienone is 3. The molecule has 0 amide bonds. The summed E-state index contributed by atoms with van der Waals surface area (Å²) in [6, 6.07) is 4.82. The second-order valence-electron chi connectivity index (χ2n) is 4.87. The van der Waals surface area contributed by atoms with Crippen LogP contribution in [0.15, 0.2) is 42.1 Å². The van der Waals surface area contributed by atoms with E-state index in [4.69, 9.17) is 5.26 Å². The van der Waals surface area contributed by atoms with Crippen molar-refractivity contribution < 1.29 is 13.2 Å². The first-order chi connectivity index (χ1) is 9.32. The third-order valence-electron chi connectivity index (χ3n) is 3.43. The van der Waals surface area contributed by atoms with Crippen molar-refractivity contribution in [2.24, 2.45) is 0 Å². The molecule has 0 fully saturated rings. The molecule has 0 saturated carbocycles. The van der Waals surface area contributed by atoms with Gasteiger partial charge < -0.3 is 0 Å². The van der Waals surface area contributed by atoms with Gasteiger partial charge in [-0.1, -0.05) is 18.2 Å². The molecule has 0 spiro atoms. The van der Waals surface area contributed by atoms with Gasteiger partial charge in [-0.15, -0.1) is 0 Å². The van der Waals surface area contributed by atoms with Crippen molar-refractivity contribution in [2.75, 3.05) is 0 Å². The summed E-state index contributed by atoms with van der Waals surface area (Å²) in [6.45, 7) is 3.01. The third-order valence-corrected chi connectivity index (χ3v) is 5.74. The predicted octanol–water partition coefficient (Wildman–Crippen LogP) is 1.77. The lowest BCUT2D eigenvalue weighted by Crippen LogP contribution is -2.38. The molecule has 0 aliphatic heterocycles. The number of carbonyl (C=O) groups is 1. The van der Waals surface area contributed by atoms with Gasteiger partial charge in [-0.05, 0) is 32.4 Å². The largest absolute Gasteiger partial charge is 0.295 e. The molecule has 0 N–H and O–H groups in total. The molecular formula is C14H14N2O3S. The molecule has 2 rings (SSSR count). The molecule has 1 heterocycles. The molecule has 1 aromatic heterocycles. The summed E-state index contributed by atoms with van der Waals surface area (Å²) in [6.07, 6.45) is 6.22. The molecule has 1 aliphatic rings. The molecule has 0 radical (unpaired) electrons. The second-order valence-corrected chi connectivity index (χ2v) is 7.15. The molecule has 1 atom stereocenters. The van der Waals surface area contributed by atoms with Crippen LogP contribution in [0.1, 0.15) is 26.0 Å². The highest BCUT2D eigenvalue weighted by Gasteiger charge is 2.39. The van der Waals surface area contributed by atoms with Crippen LogP contribution in [0.2, 0.25) is 0 Å². The molecular weight excluding hydrogens is 276 g/mol. The lowest BCUT2D eigenvalue weighted by molar-refractivity contribution is -0.113. The molecule has 6 heteroatoms. The van der Waals surface area contributed by atoms with E-state index in [9.17, 15) is 13.2 Å². The number of rotatable bonds is 3. The number of carbonyl (C=O) groups excluding carboxylic acids is 1. The molecule has 1 unspecified atom stereocenters. The van der Waals surface area contributed by atoms with Gasteiger partial charge in [-0.25, -0.2) is 12.4 Å². The monoisotopic (exact) mass is 290 g/mol. The van der Waals surface area contributed by atoms with Crippen molar-refractivity contribution in [1.82, 2.24) is 3.97 Å². The molecule has 0 aromatic carbocycles. The second kappa shape index (κ2) is 4.76. The van der Waals surface area contributed by atoms with Crippen LogP contribution in [-0.2, 0) is 14.8 Å². The summed E-state index contributed by atoms with van der Waals surface area (Å²) in [4.78, 5) is 11.3. The lowest BCUT2D eigenvalue weighted by Gasteiger charge is -2.28. The summed E-state index contributed by atoms with van der Waals surface area (Å²) < 4.78 is 25.2. The van der Waals surface area contributed by atoms with Gasteiger partial charge >= 0.3 is 0 Å². The standard InChI is InChI=1S/C14H14N2O3S/c1-11(17)12-5-7-14(2,8-6-12)20(18,19)16-9-3-4-13(16)10-15/h3-7,9H,8H2,1-2H3. The first kappa shape index (κ1) is 14.3. The minimum absolute atomic E-state index is 0.0703. The lowest BCUT2D eigenvalue weighted by atomic mass is 9.96. The first-order valence-corrected chi connectivity index (χ1v) is 7.49. The van der Waals surface area contributed by atoms with Crippen molar-refractivity contribution in [2.45, 2.75) is 25.0 Å². The average molecular weight is 290 g/mol. The molecule has 1 aliphatic carbocycles. The van der Waals surface area contributed by atoms with E-state index in [0.29, 0.717) is 5.57 Å². The van der Waals surface area contributed by atoms with Gasteiger partial charge in [-0.2, -0.15) is 5.26 Å². The number of ketones is 1. The van der Waals surface area contributed by atoms with Gasteiger partial charge in [0.15, 0.2) is 5.78 Å². The Morgan fingerprint density at radius 3 is 2.70 bits per heavy atom. The minimum Gasteiger partial charge on any atom is -0.295 e. The summed E-state index contributed by atoms with van der Waals surface area (Å²) in [5, 5.41) is 8.96. The number of hydrogen-bond donors (Lipinski definition) is 0. The van der Waals surface area contributed by atoms with Crippen LogP contribution < -0.4 is 0 Å². The Bertz CT molecular complexity index is 763. The number of Topliss-reactive ketones (excluding diaryl/α,β-unsaturated/α-hetero) is 1. The third kappa shape index (κ3) is 2.10. The van der Waals surface area contributed by atoms with Crippen molar-refractivity contribution in [3.05, 3.63) is 47.8 Å². The van der Waals surface area contributed by atoms with Crippen molar-refractivity contribution in [3.63, 3.8) is 0 Å². The Morgan fingerprint density at radius 1 is 1.50 bits per heavy atom. The van der Waals surface area contributed by atoms with E-state index >= 15 is 0 Å². The van der Waals surface area contributed by atoms with Crippen LogP contribution in [-0.4, -0.2) is 22.9 Å². The summed E-state index contributed by atoms with van der Waals surface area (Å²) in [7, 11) is -3.76. The van der Waals surface area contributed by atoms with Crippen LogP contribution in [0.3, 0.4) is 0 Å². The van der Waals surface area contributed by atoms with E-state index in [1.807, 2.05) is 6.07 Å². The van der Waals surface area contributed by atoms with Crippen LogP contribution >= 0.6 is 0 Å². The van der Waals surface area contributed by atoms with Gasteiger partial charge in [0.05, 0.1) is 0 Å². The Morgan fingerprint density at radius 2 is 2.20 bits per heavy atom. The van der Waals surface area contributed by atoms with E-state index in [-0.39, 0.29) is 17.9 Å². The number of nitriles is 1. The number of hydrogen-bond acceptors (Lipinski definition) is 4. The predicted molar refractivity (Wildman–Crippen MR) is 74.4 cm³/mol. The Kier molecular flexibility index (Phi) is 3.40. The normalized spacial score (nSPS) is 22.1.